The van der Waals surface area contributed by atoms with E-state index in [1.807, 2.05) is 0 Å². The van der Waals surface area contributed by atoms with Crippen LogP contribution in [0.1, 0.15) is 34.1 Å². The van der Waals surface area contributed by atoms with Crippen molar-refractivity contribution in [3.8, 4) is 0 Å². The smallest absolute Gasteiger partial charge is 0.0628 e. The summed E-state index contributed by atoms with van der Waals surface area (Å²) in [6.45, 7) is 10.8. The van der Waals surface area contributed by atoms with Crippen LogP contribution in [0.15, 0.2) is 0 Å². The molecule has 1 aliphatic rings. The van der Waals surface area contributed by atoms with E-state index in [2.05, 4.69) is 39.6 Å². The number of rotatable bonds is 2. The van der Waals surface area contributed by atoms with Crippen molar-refractivity contribution < 1.29 is 4.74 Å². The molecule has 0 aromatic rings. The van der Waals surface area contributed by atoms with Crippen molar-refractivity contribution in [1.82, 2.24) is 4.90 Å². The van der Waals surface area contributed by atoms with E-state index in [1.165, 1.54) is 13.0 Å². The maximum Gasteiger partial charge on any atom is 0.0628 e. The van der Waals surface area contributed by atoms with Crippen LogP contribution < -0.4 is 0 Å². The third-order valence-corrected chi connectivity index (χ3v) is 2.61. The van der Waals surface area contributed by atoms with Crippen LogP contribution in [0.3, 0.4) is 0 Å². The number of likely N-dealkylation sites (N-methyl/N-ethyl adjacent to an activating group) is 1. The Morgan fingerprint density at radius 2 is 2.00 bits per heavy atom. The Bertz CT molecular complexity index is 162. The molecule has 0 unspecified atom stereocenters. The van der Waals surface area contributed by atoms with Crippen LogP contribution in [0.25, 0.3) is 0 Å². The Hall–Kier alpha value is -0.0800. The van der Waals surface area contributed by atoms with E-state index in [-0.39, 0.29) is 5.60 Å². The molecule has 2 nitrogen and oxygen atoms in total. The van der Waals surface area contributed by atoms with Crippen molar-refractivity contribution in [3.05, 3.63) is 0 Å². The average Bonchev–Trinajstić information content (AvgIpc) is 2.24. The van der Waals surface area contributed by atoms with Crippen LogP contribution in [0.4, 0.5) is 0 Å². The standard InChI is InChI=1S/C11H23NO/c1-9-6-10(12(5)7-9)8-13-11(2,3)4/h9-10H,6-8H2,1-5H3/t9-,10+/m1/s1. The molecule has 0 saturated carbocycles. The van der Waals surface area contributed by atoms with Gasteiger partial charge in [0.1, 0.15) is 0 Å². The number of likely N-dealkylation sites (tertiary alicyclic amines) is 1. The molecule has 0 aromatic carbocycles. The number of hydrogen-bond donors (Lipinski definition) is 0. The summed E-state index contributed by atoms with van der Waals surface area (Å²) in [5.41, 5.74) is 0.00662. The fourth-order valence-electron chi connectivity index (χ4n) is 1.90. The first-order chi connectivity index (χ1) is 5.88. The molecule has 1 aliphatic heterocycles. The molecule has 0 aromatic heterocycles. The van der Waals surface area contributed by atoms with E-state index in [0.717, 1.165) is 12.5 Å². The van der Waals surface area contributed by atoms with Crippen molar-refractivity contribution >= 4 is 0 Å². The molecule has 78 valence electrons. The van der Waals surface area contributed by atoms with Crippen molar-refractivity contribution in [1.29, 1.82) is 0 Å². The molecular formula is C11H23NO. The lowest BCUT2D eigenvalue weighted by Gasteiger charge is -2.25. The zero-order chi connectivity index (χ0) is 10.1. The zero-order valence-corrected chi connectivity index (χ0v) is 9.63. The lowest BCUT2D eigenvalue weighted by Crippen LogP contribution is -2.33. The highest BCUT2D eigenvalue weighted by Gasteiger charge is 2.27. The number of nitrogens with zero attached hydrogens (tertiary/aromatic N) is 1. The molecule has 13 heavy (non-hydrogen) atoms. The monoisotopic (exact) mass is 185 g/mol. The summed E-state index contributed by atoms with van der Waals surface area (Å²) in [4.78, 5) is 2.41. The first-order valence-corrected chi connectivity index (χ1v) is 5.22. The second kappa shape index (κ2) is 3.97. The van der Waals surface area contributed by atoms with Gasteiger partial charge in [-0.15, -0.1) is 0 Å². The van der Waals surface area contributed by atoms with Crippen molar-refractivity contribution in [2.24, 2.45) is 5.92 Å². The first kappa shape index (κ1) is 11.0. The van der Waals surface area contributed by atoms with Gasteiger partial charge in [-0.25, -0.2) is 0 Å². The predicted molar refractivity (Wildman–Crippen MR) is 55.9 cm³/mol. The molecule has 0 bridgehead atoms. The maximum absolute atomic E-state index is 5.79. The first-order valence-electron chi connectivity index (χ1n) is 5.22. The van der Waals surface area contributed by atoms with Crippen LogP contribution in [0.2, 0.25) is 0 Å². The predicted octanol–water partition coefficient (Wildman–Crippen LogP) is 2.14. The molecular weight excluding hydrogens is 162 g/mol. The summed E-state index contributed by atoms with van der Waals surface area (Å²) >= 11 is 0. The van der Waals surface area contributed by atoms with Crippen LogP contribution in [0.5, 0.6) is 0 Å². The Morgan fingerprint density at radius 1 is 1.38 bits per heavy atom. The fourth-order valence-corrected chi connectivity index (χ4v) is 1.90. The minimum Gasteiger partial charge on any atom is -0.374 e. The SMILES string of the molecule is C[C@@H]1C[C@@H](COC(C)(C)C)N(C)C1. The Labute approximate surface area is 82.3 Å². The van der Waals surface area contributed by atoms with Gasteiger partial charge in [0, 0.05) is 12.6 Å². The molecule has 1 heterocycles. The number of hydrogen-bond acceptors (Lipinski definition) is 2. The molecule has 1 fully saturated rings. The lowest BCUT2D eigenvalue weighted by atomic mass is 10.1. The van der Waals surface area contributed by atoms with Gasteiger partial charge in [-0.2, -0.15) is 0 Å². The number of ether oxygens (including phenoxy) is 1. The maximum atomic E-state index is 5.79. The molecule has 2 atom stereocenters. The molecule has 0 spiro atoms. The topological polar surface area (TPSA) is 12.5 Å². The largest absolute Gasteiger partial charge is 0.374 e. The minimum absolute atomic E-state index is 0.00662. The van der Waals surface area contributed by atoms with Crippen LogP contribution in [-0.2, 0) is 4.74 Å². The van der Waals surface area contributed by atoms with Gasteiger partial charge >= 0.3 is 0 Å². The molecule has 0 amide bonds. The van der Waals surface area contributed by atoms with Crippen LogP contribution in [0, 0.1) is 5.92 Å². The summed E-state index contributed by atoms with van der Waals surface area (Å²) in [5.74, 6) is 0.832. The average molecular weight is 185 g/mol. The third-order valence-electron chi connectivity index (χ3n) is 2.61. The van der Waals surface area contributed by atoms with E-state index in [9.17, 15) is 0 Å². The molecule has 1 saturated heterocycles. The van der Waals surface area contributed by atoms with Crippen molar-refractivity contribution in [2.75, 3.05) is 20.2 Å². The van der Waals surface area contributed by atoms with E-state index < -0.39 is 0 Å². The molecule has 0 radical (unpaired) electrons. The van der Waals surface area contributed by atoms with Crippen LogP contribution >= 0.6 is 0 Å². The summed E-state index contributed by atoms with van der Waals surface area (Å²) in [6.07, 6.45) is 1.28. The summed E-state index contributed by atoms with van der Waals surface area (Å²) in [5, 5.41) is 0. The van der Waals surface area contributed by atoms with E-state index in [4.69, 9.17) is 4.74 Å². The minimum atomic E-state index is 0.00662. The Balaban J connectivity index is 2.30. The van der Waals surface area contributed by atoms with Crippen molar-refractivity contribution in [2.45, 2.75) is 45.8 Å². The van der Waals surface area contributed by atoms with Gasteiger partial charge in [0.25, 0.3) is 0 Å². The Kier molecular flexibility index (Phi) is 3.36. The second-order valence-corrected chi connectivity index (χ2v) is 5.36. The molecule has 1 rings (SSSR count). The van der Waals surface area contributed by atoms with Gasteiger partial charge in [0.2, 0.25) is 0 Å². The molecule has 0 aliphatic carbocycles. The summed E-state index contributed by atoms with van der Waals surface area (Å²) in [7, 11) is 2.19. The van der Waals surface area contributed by atoms with Gasteiger partial charge in [-0.05, 0) is 40.2 Å². The quantitative estimate of drug-likeness (QED) is 0.653. The van der Waals surface area contributed by atoms with Gasteiger partial charge in [-0.3, -0.25) is 0 Å². The third kappa shape index (κ3) is 3.65. The van der Waals surface area contributed by atoms with Crippen molar-refractivity contribution in [3.63, 3.8) is 0 Å². The Morgan fingerprint density at radius 3 is 2.38 bits per heavy atom. The van der Waals surface area contributed by atoms with E-state index >= 15 is 0 Å². The van der Waals surface area contributed by atoms with Gasteiger partial charge in [-0.1, -0.05) is 6.92 Å². The van der Waals surface area contributed by atoms with Gasteiger partial charge in [0.05, 0.1) is 12.2 Å². The fraction of sp³-hybridized carbons (Fsp3) is 1.00. The second-order valence-electron chi connectivity index (χ2n) is 5.36. The normalized spacial score (nSPS) is 31.2. The van der Waals surface area contributed by atoms with E-state index in [0.29, 0.717) is 6.04 Å². The molecule has 2 heteroatoms. The van der Waals surface area contributed by atoms with Gasteiger partial charge < -0.3 is 9.64 Å². The van der Waals surface area contributed by atoms with Crippen LogP contribution in [-0.4, -0.2) is 36.7 Å². The van der Waals surface area contributed by atoms with E-state index in [1.54, 1.807) is 0 Å². The molecule has 0 N–H and O–H groups in total. The lowest BCUT2D eigenvalue weighted by molar-refractivity contribution is -0.0252. The summed E-state index contributed by atoms with van der Waals surface area (Å²) in [6, 6.07) is 0.634. The zero-order valence-electron chi connectivity index (χ0n) is 9.63. The van der Waals surface area contributed by atoms with Gasteiger partial charge in [0.15, 0.2) is 0 Å². The highest BCUT2D eigenvalue weighted by molar-refractivity contribution is 4.81. The highest BCUT2D eigenvalue weighted by atomic mass is 16.5. The highest BCUT2D eigenvalue weighted by Crippen LogP contribution is 2.22. The summed E-state index contributed by atoms with van der Waals surface area (Å²) < 4.78 is 5.79.